The molecule has 4 nitrogen and oxygen atoms in total. The maximum absolute atomic E-state index is 12.4. The molecule has 0 aliphatic rings. The van der Waals surface area contributed by atoms with Crippen LogP contribution >= 0.6 is 0 Å². The maximum atomic E-state index is 12.4. The Kier molecular flexibility index (Phi) is 4.65. The fourth-order valence-electron chi connectivity index (χ4n) is 2.79. The summed E-state index contributed by atoms with van der Waals surface area (Å²) < 4.78 is 0. The molecule has 1 atom stereocenters. The molecule has 0 spiro atoms. The number of benzene rings is 3. The first-order chi connectivity index (χ1) is 11.6. The Balaban J connectivity index is 1.80. The van der Waals surface area contributed by atoms with Crippen LogP contribution in [0.15, 0.2) is 66.7 Å². The van der Waals surface area contributed by atoms with Gasteiger partial charge < -0.3 is 15.4 Å². The summed E-state index contributed by atoms with van der Waals surface area (Å²) in [4.78, 5) is 12.4. The van der Waals surface area contributed by atoms with Crippen molar-refractivity contribution < 1.29 is 14.8 Å². The van der Waals surface area contributed by atoms with Crippen LogP contribution in [0.25, 0.3) is 10.8 Å². The number of hydrogen-bond acceptors (Lipinski definition) is 3. The van der Waals surface area contributed by atoms with E-state index in [0.29, 0.717) is 11.0 Å². The first-order valence-electron chi connectivity index (χ1n) is 7.81. The second-order valence-corrected chi connectivity index (χ2v) is 5.76. The van der Waals surface area contributed by atoms with Crippen molar-refractivity contribution in [3.8, 4) is 0 Å². The predicted octanol–water partition coefficient (Wildman–Crippen LogP) is 2.01. The zero-order chi connectivity index (χ0) is 17.1. The van der Waals surface area contributed by atoms with E-state index in [9.17, 15) is 4.79 Å². The van der Waals surface area contributed by atoms with Gasteiger partial charge in [0.05, 0.1) is 6.04 Å². The fraction of sp³-hybridized carbons (Fsp3) is 0.105. The summed E-state index contributed by atoms with van der Waals surface area (Å²) in [6.45, 7) is 1.95. The Morgan fingerprint density at radius 3 is 2.33 bits per heavy atom. The molecule has 0 aromatic heterocycles. The lowest BCUT2D eigenvalue weighted by Gasteiger charge is -2.17. The highest BCUT2D eigenvalue weighted by atomic mass is 16.4. The lowest BCUT2D eigenvalue weighted by molar-refractivity contribution is 0.0940. The summed E-state index contributed by atoms with van der Waals surface area (Å²) in [5.41, 5.74) is 1.89. The van der Waals surface area contributed by atoms with E-state index in [-0.39, 0.29) is 11.9 Å². The Bertz CT molecular complexity index is 857. The molecule has 0 aliphatic heterocycles. The Morgan fingerprint density at radius 2 is 1.62 bits per heavy atom. The Labute approximate surface area is 140 Å². The average molecular weight is 319 g/mol. The molecule has 120 valence electrons. The Hall–Kier alpha value is -2.63. The van der Waals surface area contributed by atoms with Crippen molar-refractivity contribution in [2.45, 2.75) is 13.0 Å². The SMILES string of the molecule is C[C@@H](NC(=O)c1ccc(B(O)O)cc1)c1cccc2ccccc12. The van der Waals surface area contributed by atoms with Gasteiger partial charge in [-0.25, -0.2) is 0 Å². The second kappa shape index (κ2) is 6.87. The molecule has 0 fully saturated rings. The molecule has 0 heterocycles. The fourth-order valence-corrected chi connectivity index (χ4v) is 2.79. The first-order valence-corrected chi connectivity index (χ1v) is 7.81. The lowest BCUT2D eigenvalue weighted by Crippen LogP contribution is -2.31. The molecule has 0 saturated heterocycles. The van der Waals surface area contributed by atoms with Gasteiger partial charge in [-0.15, -0.1) is 0 Å². The summed E-state index contributed by atoms with van der Waals surface area (Å²) in [5, 5.41) is 23.4. The van der Waals surface area contributed by atoms with Crippen LogP contribution < -0.4 is 10.8 Å². The predicted molar refractivity (Wildman–Crippen MR) is 96.1 cm³/mol. The minimum absolute atomic E-state index is 0.147. The van der Waals surface area contributed by atoms with Gasteiger partial charge in [0, 0.05) is 5.56 Å². The molecule has 5 heteroatoms. The lowest BCUT2D eigenvalue weighted by atomic mass is 9.80. The normalized spacial score (nSPS) is 12.0. The maximum Gasteiger partial charge on any atom is 0.488 e. The van der Waals surface area contributed by atoms with Crippen LogP contribution in [0.4, 0.5) is 0 Å². The van der Waals surface area contributed by atoms with E-state index in [1.807, 2.05) is 49.4 Å². The molecule has 0 aliphatic carbocycles. The molecule has 0 bridgehead atoms. The average Bonchev–Trinajstić information content (AvgIpc) is 2.61. The molecule has 24 heavy (non-hydrogen) atoms. The number of carbonyl (C=O) groups is 1. The van der Waals surface area contributed by atoms with E-state index in [0.717, 1.165) is 16.3 Å². The van der Waals surface area contributed by atoms with E-state index in [1.165, 1.54) is 12.1 Å². The van der Waals surface area contributed by atoms with E-state index in [2.05, 4.69) is 5.32 Å². The van der Waals surface area contributed by atoms with Crippen molar-refractivity contribution in [1.82, 2.24) is 5.32 Å². The third kappa shape index (κ3) is 3.32. The van der Waals surface area contributed by atoms with Crippen LogP contribution in [-0.2, 0) is 0 Å². The summed E-state index contributed by atoms with van der Waals surface area (Å²) in [5.74, 6) is -0.200. The number of rotatable bonds is 4. The van der Waals surface area contributed by atoms with Crippen molar-refractivity contribution in [2.24, 2.45) is 0 Å². The van der Waals surface area contributed by atoms with Crippen molar-refractivity contribution >= 4 is 29.3 Å². The molecular weight excluding hydrogens is 301 g/mol. The topological polar surface area (TPSA) is 69.6 Å². The molecule has 3 N–H and O–H groups in total. The summed E-state index contributed by atoms with van der Waals surface area (Å²) in [7, 11) is -1.53. The van der Waals surface area contributed by atoms with Gasteiger partial charge in [-0.3, -0.25) is 4.79 Å². The van der Waals surface area contributed by atoms with Crippen LogP contribution in [0.2, 0.25) is 0 Å². The standard InChI is InChI=1S/C19H18BNO3/c1-13(17-8-4-6-14-5-2-3-7-18(14)17)21-19(22)15-9-11-16(12-10-15)20(23)24/h2-13,23-24H,1H3,(H,21,22)/t13-/m1/s1. The molecule has 3 aromatic rings. The smallest absolute Gasteiger partial charge is 0.423 e. The highest BCUT2D eigenvalue weighted by Crippen LogP contribution is 2.24. The number of nitrogens with one attached hydrogen (secondary N) is 1. The second-order valence-electron chi connectivity index (χ2n) is 5.76. The minimum Gasteiger partial charge on any atom is -0.423 e. The van der Waals surface area contributed by atoms with Gasteiger partial charge in [0.25, 0.3) is 5.91 Å². The van der Waals surface area contributed by atoms with Crippen LogP contribution in [0.3, 0.4) is 0 Å². The monoisotopic (exact) mass is 319 g/mol. The van der Waals surface area contributed by atoms with Crippen LogP contribution in [0.1, 0.15) is 28.9 Å². The van der Waals surface area contributed by atoms with Crippen molar-refractivity contribution in [3.05, 3.63) is 77.9 Å². The van der Waals surface area contributed by atoms with Gasteiger partial charge in [-0.2, -0.15) is 0 Å². The summed E-state index contributed by atoms with van der Waals surface area (Å²) in [6.07, 6.45) is 0. The van der Waals surface area contributed by atoms with Gasteiger partial charge >= 0.3 is 7.12 Å². The molecular formula is C19H18BNO3. The van der Waals surface area contributed by atoms with Crippen LogP contribution in [0.5, 0.6) is 0 Å². The van der Waals surface area contributed by atoms with Gasteiger partial charge in [0.15, 0.2) is 0 Å². The number of fused-ring (bicyclic) bond motifs is 1. The van der Waals surface area contributed by atoms with Gasteiger partial charge in [0.2, 0.25) is 0 Å². The highest BCUT2D eigenvalue weighted by molar-refractivity contribution is 6.58. The largest absolute Gasteiger partial charge is 0.488 e. The zero-order valence-electron chi connectivity index (χ0n) is 13.3. The quantitative estimate of drug-likeness (QED) is 0.644. The molecule has 3 aromatic carbocycles. The molecule has 0 unspecified atom stereocenters. The summed E-state index contributed by atoms with van der Waals surface area (Å²) >= 11 is 0. The van der Waals surface area contributed by atoms with Crippen molar-refractivity contribution in [1.29, 1.82) is 0 Å². The Morgan fingerprint density at radius 1 is 0.958 bits per heavy atom. The minimum atomic E-state index is -1.53. The van der Waals surface area contributed by atoms with Gasteiger partial charge in [-0.1, -0.05) is 54.6 Å². The molecule has 3 rings (SSSR count). The first kappa shape index (κ1) is 16.2. The summed E-state index contributed by atoms with van der Waals surface area (Å²) in [6, 6.07) is 20.2. The third-order valence-corrected chi connectivity index (χ3v) is 4.11. The van der Waals surface area contributed by atoms with Gasteiger partial charge in [0.1, 0.15) is 0 Å². The van der Waals surface area contributed by atoms with E-state index >= 15 is 0 Å². The van der Waals surface area contributed by atoms with E-state index in [4.69, 9.17) is 10.0 Å². The van der Waals surface area contributed by atoms with Crippen molar-refractivity contribution in [3.63, 3.8) is 0 Å². The third-order valence-electron chi connectivity index (χ3n) is 4.11. The van der Waals surface area contributed by atoms with E-state index in [1.54, 1.807) is 12.1 Å². The number of amides is 1. The highest BCUT2D eigenvalue weighted by Gasteiger charge is 2.15. The van der Waals surface area contributed by atoms with Crippen LogP contribution in [0, 0.1) is 0 Å². The number of carbonyl (C=O) groups excluding carboxylic acids is 1. The van der Waals surface area contributed by atoms with Crippen LogP contribution in [-0.4, -0.2) is 23.1 Å². The number of hydrogen-bond donors (Lipinski definition) is 3. The zero-order valence-corrected chi connectivity index (χ0v) is 13.3. The van der Waals surface area contributed by atoms with E-state index < -0.39 is 7.12 Å². The molecule has 0 saturated carbocycles. The van der Waals surface area contributed by atoms with Crippen molar-refractivity contribution in [2.75, 3.05) is 0 Å². The van der Waals surface area contributed by atoms with Gasteiger partial charge in [-0.05, 0) is 40.9 Å². The molecule has 1 amide bonds. The molecule has 0 radical (unpaired) electrons.